The smallest absolute Gasteiger partial charge is 0.307 e. The number of carbonyl (C=O) groups is 2. The largest absolute Gasteiger partial charge is 0.481 e. The number of amides is 1. The van der Waals surface area contributed by atoms with Gasteiger partial charge in [0.1, 0.15) is 5.82 Å². The number of carboxylic acids is 1. The summed E-state index contributed by atoms with van der Waals surface area (Å²) in [6.07, 6.45) is 2.76. The van der Waals surface area contributed by atoms with Crippen LogP contribution in [0.3, 0.4) is 0 Å². The third-order valence-corrected chi connectivity index (χ3v) is 5.14. The second-order valence-electron chi connectivity index (χ2n) is 5.30. The Hall–Kier alpha value is -1.66. The normalized spacial score (nSPS) is 20.5. The molecule has 2 unspecified atom stereocenters. The van der Waals surface area contributed by atoms with Gasteiger partial charge in [-0.15, -0.1) is 0 Å². The number of nitrogens with zero attached hydrogens (tertiary/aromatic N) is 1. The van der Waals surface area contributed by atoms with Gasteiger partial charge in [0.25, 0.3) is 0 Å². The van der Waals surface area contributed by atoms with Crippen molar-refractivity contribution in [2.75, 3.05) is 5.32 Å². The topological polar surface area (TPSA) is 79.3 Å². The highest BCUT2D eigenvalue weighted by atomic mass is 79.9. The SMILES string of the molecule is O=C(O)C1CCC1C(=O)Nc1cc2cc(Br)c(Cl)cc2cn1. The number of rotatable bonds is 3. The van der Waals surface area contributed by atoms with Gasteiger partial charge in [0.15, 0.2) is 0 Å². The Morgan fingerprint density at radius 3 is 2.59 bits per heavy atom. The van der Waals surface area contributed by atoms with Crippen LogP contribution in [0.25, 0.3) is 10.8 Å². The highest BCUT2D eigenvalue weighted by Crippen LogP contribution is 2.35. The molecule has 114 valence electrons. The van der Waals surface area contributed by atoms with Crippen LogP contribution in [0.15, 0.2) is 28.9 Å². The molecule has 2 N–H and O–H groups in total. The number of aromatic nitrogens is 1. The lowest BCUT2D eigenvalue weighted by Crippen LogP contribution is -2.41. The highest BCUT2D eigenvalue weighted by Gasteiger charge is 2.41. The second-order valence-corrected chi connectivity index (χ2v) is 6.56. The van der Waals surface area contributed by atoms with E-state index in [1.807, 2.05) is 6.07 Å². The van der Waals surface area contributed by atoms with Gasteiger partial charge in [-0.25, -0.2) is 4.98 Å². The quantitative estimate of drug-likeness (QED) is 0.847. The van der Waals surface area contributed by atoms with Gasteiger partial charge in [0.2, 0.25) is 5.91 Å². The summed E-state index contributed by atoms with van der Waals surface area (Å²) in [5.74, 6) is -1.88. The van der Waals surface area contributed by atoms with Crippen LogP contribution in [0.5, 0.6) is 0 Å². The Labute approximate surface area is 139 Å². The van der Waals surface area contributed by atoms with Gasteiger partial charge >= 0.3 is 5.97 Å². The lowest BCUT2D eigenvalue weighted by Gasteiger charge is -2.31. The van der Waals surface area contributed by atoms with Gasteiger partial charge < -0.3 is 10.4 Å². The zero-order chi connectivity index (χ0) is 15.9. The summed E-state index contributed by atoms with van der Waals surface area (Å²) < 4.78 is 0.759. The minimum Gasteiger partial charge on any atom is -0.481 e. The predicted octanol–water partition coefficient (Wildman–Crippen LogP) is 3.70. The Morgan fingerprint density at radius 1 is 1.23 bits per heavy atom. The van der Waals surface area contributed by atoms with Crippen molar-refractivity contribution in [3.8, 4) is 0 Å². The molecule has 2 aromatic rings. The standard InChI is InChI=1S/C15H12BrClN2O3/c16-11-3-7-5-13(18-6-8(7)4-12(11)17)19-14(20)9-1-2-10(9)15(21)22/h3-6,9-10H,1-2H2,(H,21,22)(H,18,19,20). The van der Waals surface area contributed by atoms with Gasteiger partial charge in [-0.05, 0) is 52.4 Å². The number of carboxylic acid groups (broad SMARTS) is 1. The van der Waals surface area contributed by atoms with Crippen molar-refractivity contribution >= 4 is 56.0 Å². The first-order chi connectivity index (χ1) is 10.5. The summed E-state index contributed by atoms with van der Waals surface area (Å²) in [5.41, 5.74) is 0. The van der Waals surface area contributed by atoms with Crippen molar-refractivity contribution in [2.24, 2.45) is 11.8 Å². The molecule has 5 nitrogen and oxygen atoms in total. The van der Waals surface area contributed by atoms with Crippen molar-refractivity contribution < 1.29 is 14.7 Å². The maximum Gasteiger partial charge on any atom is 0.307 e. The van der Waals surface area contributed by atoms with Gasteiger partial charge in [-0.2, -0.15) is 0 Å². The number of carbonyl (C=O) groups excluding carboxylic acids is 1. The molecule has 0 radical (unpaired) electrons. The van der Waals surface area contributed by atoms with E-state index in [4.69, 9.17) is 16.7 Å². The predicted molar refractivity (Wildman–Crippen MR) is 86.9 cm³/mol. The lowest BCUT2D eigenvalue weighted by atomic mass is 9.73. The fraction of sp³-hybridized carbons (Fsp3) is 0.267. The van der Waals surface area contributed by atoms with Crippen LogP contribution in [-0.2, 0) is 9.59 Å². The molecule has 0 spiro atoms. The minimum absolute atomic E-state index is 0.293. The summed E-state index contributed by atoms with van der Waals surface area (Å²) in [4.78, 5) is 27.3. The molecule has 1 aliphatic carbocycles. The fourth-order valence-corrected chi connectivity index (χ4v) is 3.07. The summed E-state index contributed by atoms with van der Waals surface area (Å²) in [5, 5.41) is 14.0. The molecule has 3 rings (SSSR count). The monoisotopic (exact) mass is 382 g/mol. The molecular weight excluding hydrogens is 372 g/mol. The van der Waals surface area contributed by atoms with E-state index in [2.05, 4.69) is 26.2 Å². The molecule has 1 aliphatic rings. The number of aliphatic carboxylic acids is 1. The molecule has 1 aromatic carbocycles. The molecule has 0 bridgehead atoms. The van der Waals surface area contributed by atoms with E-state index in [1.165, 1.54) is 0 Å². The van der Waals surface area contributed by atoms with E-state index < -0.39 is 17.8 Å². The van der Waals surface area contributed by atoms with Gasteiger partial charge in [0, 0.05) is 16.1 Å². The molecule has 1 heterocycles. The summed E-state index contributed by atoms with van der Waals surface area (Å²) in [6.45, 7) is 0. The van der Waals surface area contributed by atoms with Crippen molar-refractivity contribution in [3.05, 3.63) is 33.9 Å². The molecule has 1 fully saturated rings. The average molecular weight is 384 g/mol. The Kier molecular flexibility index (Phi) is 4.06. The van der Waals surface area contributed by atoms with E-state index >= 15 is 0 Å². The van der Waals surface area contributed by atoms with Gasteiger partial charge in [-0.1, -0.05) is 11.6 Å². The zero-order valence-corrected chi connectivity index (χ0v) is 13.7. The number of pyridine rings is 1. The van der Waals surface area contributed by atoms with Crippen LogP contribution in [-0.4, -0.2) is 22.0 Å². The van der Waals surface area contributed by atoms with E-state index in [0.717, 1.165) is 15.2 Å². The van der Waals surface area contributed by atoms with Crippen molar-refractivity contribution in [3.63, 3.8) is 0 Å². The molecule has 1 amide bonds. The number of fused-ring (bicyclic) bond motifs is 1. The van der Waals surface area contributed by atoms with Crippen molar-refractivity contribution in [2.45, 2.75) is 12.8 Å². The Morgan fingerprint density at radius 2 is 1.95 bits per heavy atom. The average Bonchev–Trinajstić information content (AvgIpc) is 2.38. The zero-order valence-electron chi connectivity index (χ0n) is 11.3. The Bertz CT molecular complexity index is 781. The first-order valence-corrected chi connectivity index (χ1v) is 7.91. The lowest BCUT2D eigenvalue weighted by molar-refractivity contribution is -0.151. The van der Waals surface area contributed by atoms with Crippen LogP contribution in [0, 0.1) is 11.8 Å². The second kappa shape index (κ2) is 5.85. The summed E-state index contributed by atoms with van der Waals surface area (Å²) in [7, 11) is 0. The molecule has 0 saturated heterocycles. The first-order valence-electron chi connectivity index (χ1n) is 6.74. The van der Waals surface area contributed by atoms with E-state index in [1.54, 1.807) is 18.3 Å². The highest BCUT2D eigenvalue weighted by molar-refractivity contribution is 9.10. The summed E-state index contributed by atoms with van der Waals surface area (Å²) >= 11 is 9.38. The third kappa shape index (κ3) is 2.80. The molecule has 1 aromatic heterocycles. The number of nitrogens with one attached hydrogen (secondary N) is 1. The minimum atomic E-state index is -0.920. The maximum absolute atomic E-state index is 12.1. The number of anilines is 1. The van der Waals surface area contributed by atoms with Crippen LogP contribution in [0.1, 0.15) is 12.8 Å². The van der Waals surface area contributed by atoms with Crippen LogP contribution >= 0.6 is 27.5 Å². The van der Waals surface area contributed by atoms with Crippen LogP contribution < -0.4 is 5.32 Å². The number of halogens is 2. The molecule has 22 heavy (non-hydrogen) atoms. The van der Waals surface area contributed by atoms with E-state index in [-0.39, 0.29) is 5.91 Å². The molecular formula is C15H12BrClN2O3. The third-order valence-electron chi connectivity index (χ3n) is 3.94. The van der Waals surface area contributed by atoms with Crippen LogP contribution in [0.2, 0.25) is 5.02 Å². The van der Waals surface area contributed by atoms with Crippen molar-refractivity contribution in [1.29, 1.82) is 0 Å². The maximum atomic E-state index is 12.1. The van der Waals surface area contributed by atoms with Gasteiger partial charge in [-0.3, -0.25) is 9.59 Å². The van der Waals surface area contributed by atoms with Gasteiger partial charge in [0.05, 0.1) is 16.9 Å². The van der Waals surface area contributed by atoms with E-state index in [0.29, 0.717) is 23.7 Å². The molecule has 0 aliphatic heterocycles. The van der Waals surface area contributed by atoms with Crippen LogP contribution in [0.4, 0.5) is 5.82 Å². The number of hydrogen-bond acceptors (Lipinski definition) is 3. The molecule has 1 saturated carbocycles. The van der Waals surface area contributed by atoms with E-state index in [9.17, 15) is 9.59 Å². The molecule has 7 heteroatoms. The first kappa shape index (κ1) is 15.2. The number of hydrogen-bond donors (Lipinski definition) is 2. The van der Waals surface area contributed by atoms with Crippen molar-refractivity contribution in [1.82, 2.24) is 4.98 Å². The Balaban J connectivity index is 1.81. The fourth-order valence-electron chi connectivity index (χ4n) is 2.53. The number of benzene rings is 1. The molecule has 2 atom stereocenters. The summed E-state index contributed by atoms with van der Waals surface area (Å²) in [6, 6.07) is 5.37.